The average molecular weight is 448 g/mol. The van der Waals surface area contributed by atoms with E-state index in [-0.39, 0.29) is 18.0 Å². The molecule has 5 rings (SSSR count). The van der Waals surface area contributed by atoms with E-state index in [0.29, 0.717) is 30.9 Å². The number of aromatic amines is 1. The summed E-state index contributed by atoms with van der Waals surface area (Å²) in [5.41, 5.74) is 4.98. The number of pyridine rings is 1. The fourth-order valence-electron chi connectivity index (χ4n) is 4.99. The lowest BCUT2D eigenvalue weighted by Gasteiger charge is -2.36. The molecule has 1 aromatic heterocycles. The molecule has 170 valence electrons. The molecule has 1 saturated heterocycles. The highest BCUT2D eigenvalue weighted by Crippen LogP contribution is 2.32. The molecule has 3 aromatic rings. The SMILES string of the molecule is N#Cc1ccc(N2CCN(Cc3cc(CO)c4c5c(c(=O)[nH]c4c3)CCCN5)CC2)c(F)c1. The van der Waals surface area contributed by atoms with E-state index < -0.39 is 0 Å². The number of anilines is 2. The molecule has 0 amide bonds. The van der Waals surface area contributed by atoms with Gasteiger partial charge in [0.25, 0.3) is 5.56 Å². The van der Waals surface area contributed by atoms with Crippen molar-refractivity contribution in [1.82, 2.24) is 9.88 Å². The van der Waals surface area contributed by atoms with Crippen LogP contribution in [0, 0.1) is 17.1 Å². The Bertz CT molecular complexity index is 1300. The molecular formula is C25H26FN5O2. The van der Waals surface area contributed by atoms with Crippen LogP contribution in [-0.4, -0.2) is 47.7 Å². The Balaban J connectivity index is 1.35. The first kappa shape index (κ1) is 21.4. The van der Waals surface area contributed by atoms with E-state index in [9.17, 15) is 14.3 Å². The quantitative estimate of drug-likeness (QED) is 0.569. The predicted octanol–water partition coefficient (Wildman–Crippen LogP) is 2.71. The molecule has 2 aliphatic heterocycles. The topological polar surface area (TPSA) is 95.4 Å². The van der Waals surface area contributed by atoms with E-state index >= 15 is 0 Å². The van der Waals surface area contributed by atoms with E-state index in [2.05, 4.69) is 15.2 Å². The number of nitriles is 1. The van der Waals surface area contributed by atoms with Crippen LogP contribution in [0.3, 0.4) is 0 Å². The van der Waals surface area contributed by atoms with Crippen molar-refractivity contribution in [2.75, 3.05) is 42.9 Å². The maximum atomic E-state index is 14.4. The number of hydrogen-bond acceptors (Lipinski definition) is 6. The van der Waals surface area contributed by atoms with Crippen LogP contribution in [0.25, 0.3) is 10.9 Å². The highest BCUT2D eigenvalue weighted by atomic mass is 19.1. The van der Waals surface area contributed by atoms with Gasteiger partial charge >= 0.3 is 0 Å². The summed E-state index contributed by atoms with van der Waals surface area (Å²) >= 11 is 0. The van der Waals surface area contributed by atoms with Crippen molar-refractivity contribution in [3.8, 4) is 6.07 Å². The summed E-state index contributed by atoms with van der Waals surface area (Å²) in [5.74, 6) is -0.370. The third-order valence-electron chi connectivity index (χ3n) is 6.63. The van der Waals surface area contributed by atoms with Crippen LogP contribution < -0.4 is 15.8 Å². The largest absolute Gasteiger partial charge is 0.392 e. The number of fused-ring (bicyclic) bond motifs is 3. The number of rotatable bonds is 4. The molecule has 0 radical (unpaired) electrons. The number of piperazine rings is 1. The molecule has 0 atom stereocenters. The van der Waals surface area contributed by atoms with E-state index in [1.54, 1.807) is 12.1 Å². The van der Waals surface area contributed by atoms with Gasteiger partial charge in [-0.1, -0.05) is 6.07 Å². The molecule has 2 aromatic carbocycles. The van der Waals surface area contributed by atoms with E-state index in [0.717, 1.165) is 65.8 Å². The lowest BCUT2D eigenvalue weighted by molar-refractivity contribution is 0.248. The lowest BCUT2D eigenvalue weighted by Crippen LogP contribution is -2.46. The molecule has 0 aliphatic carbocycles. The van der Waals surface area contributed by atoms with Crippen LogP contribution in [0.2, 0.25) is 0 Å². The molecule has 33 heavy (non-hydrogen) atoms. The Hall–Kier alpha value is -3.41. The molecular weight excluding hydrogens is 421 g/mol. The fraction of sp³-hybridized carbons (Fsp3) is 0.360. The highest BCUT2D eigenvalue weighted by Gasteiger charge is 2.22. The first-order chi connectivity index (χ1) is 16.1. The van der Waals surface area contributed by atoms with Gasteiger partial charge in [0.15, 0.2) is 0 Å². The normalized spacial score (nSPS) is 16.3. The standard InChI is InChI=1S/C25H26FN5O2/c26-20-11-16(13-27)3-4-22(20)31-8-6-30(7-9-31)14-17-10-18(15-32)23-21(12-17)29-25(33)19-2-1-5-28-24(19)23/h3-4,10-12,28,32H,1-2,5-9,14-15H2,(H,29,33). The van der Waals surface area contributed by atoms with Crippen LogP contribution in [0.4, 0.5) is 15.8 Å². The maximum absolute atomic E-state index is 14.4. The smallest absolute Gasteiger partial charge is 0.253 e. The van der Waals surface area contributed by atoms with Gasteiger partial charge in [-0.05, 0) is 48.2 Å². The van der Waals surface area contributed by atoms with Gasteiger partial charge in [-0.15, -0.1) is 0 Å². The molecule has 0 bridgehead atoms. The Kier molecular flexibility index (Phi) is 5.75. The van der Waals surface area contributed by atoms with Gasteiger partial charge in [0.1, 0.15) is 5.82 Å². The molecule has 0 saturated carbocycles. The zero-order chi connectivity index (χ0) is 22.9. The van der Waals surface area contributed by atoms with Gasteiger partial charge in [0.05, 0.1) is 35.1 Å². The molecule has 3 heterocycles. The summed E-state index contributed by atoms with van der Waals surface area (Å²) in [6, 6.07) is 10.6. The lowest BCUT2D eigenvalue weighted by atomic mass is 9.96. The number of benzene rings is 2. The van der Waals surface area contributed by atoms with E-state index in [1.165, 1.54) is 6.07 Å². The second-order valence-corrected chi connectivity index (χ2v) is 8.71. The molecule has 3 N–H and O–H groups in total. The van der Waals surface area contributed by atoms with Gasteiger partial charge in [0.2, 0.25) is 0 Å². The van der Waals surface area contributed by atoms with Crippen LogP contribution in [0.1, 0.15) is 28.7 Å². The maximum Gasteiger partial charge on any atom is 0.253 e. The third kappa shape index (κ3) is 4.06. The molecule has 0 spiro atoms. The summed E-state index contributed by atoms with van der Waals surface area (Å²) in [6.45, 7) is 4.27. The Morgan fingerprint density at radius 2 is 1.97 bits per heavy atom. The fourth-order valence-corrected chi connectivity index (χ4v) is 4.99. The van der Waals surface area contributed by atoms with Crippen molar-refractivity contribution in [1.29, 1.82) is 5.26 Å². The summed E-state index contributed by atoms with van der Waals surface area (Å²) < 4.78 is 14.4. The number of H-pyrrole nitrogens is 1. The van der Waals surface area contributed by atoms with Gasteiger partial charge < -0.3 is 20.3 Å². The van der Waals surface area contributed by atoms with Crippen molar-refractivity contribution < 1.29 is 9.50 Å². The minimum Gasteiger partial charge on any atom is -0.392 e. The molecule has 0 unspecified atom stereocenters. The number of aliphatic hydroxyl groups excluding tert-OH is 1. The first-order valence-corrected chi connectivity index (χ1v) is 11.3. The minimum absolute atomic E-state index is 0.0659. The molecule has 7 nitrogen and oxygen atoms in total. The summed E-state index contributed by atoms with van der Waals surface area (Å²) in [4.78, 5) is 19.9. The predicted molar refractivity (Wildman–Crippen MR) is 126 cm³/mol. The summed E-state index contributed by atoms with van der Waals surface area (Å²) in [6.07, 6.45) is 1.66. The van der Waals surface area contributed by atoms with E-state index in [4.69, 9.17) is 5.26 Å². The van der Waals surface area contributed by atoms with Crippen molar-refractivity contribution in [2.24, 2.45) is 0 Å². The molecule has 1 fully saturated rings. The van der Waals surface area contributed by atoms with Crippen LogP contribution in [0.15, 0.2) is 35.1 Å². The minimum atomic E-state index is -0.370. The van der Waals surface area contributed by atoms with Crippen LogP contribution in [0.5, 0.6) is 0 Å². The van der Waals surface area contributed by atoms with Crippen molar-refractivity contribution in [2.45, 2.75) is 26.0 Å². The Morgan fingerprint density at radius 3 is 2.70 bits per heavy atom. The zero-order valence-corrected chi connectivity index (χ0v) is 18.3. The van der Waals surface area contributed by atoms with Gasteiger partial charge in [-0.3, -0.25) is 9.69 Å². The summed E-state index contributed by atoms with van der Waals surface area (Å²) in [5, 5.41) is 23.3. The van der Waals surface area contributed by atoms with Crippen molar-refractivity contribution in [3.63, 3.8) is 0 Å². The Labute approximate surface area is 191 Å². The monoisotopic (exact) mass is 447 g/mol. The van der Waals surface area contributed by atoms with Crippen molar-refractivity contribution >= 4 is 22.3 Å². The number of nitrogens with one attached hydrogen (secondary N) is 2. The van der Waals surface area contributed by atoms with Gasteiger partial charge in [-0.2, -0.15) is 5.26 Å². The van der Waals surface area contributed by atoms with Gasteiger partial charge in [-0.25, -0.2) is 4.39 Å². The third-order valence-corrected chi connectivity index (χ3v) is 6.63. The summed E-state index contributed by atoms with van der Waals surface area (Å²) in [7, 11) is 0. The van der Waals surface area contributed by atoms with Crippen LogP contribution >= 0.6 is 0 Å². The van der Waals surface area contributed by atoms with E-state index in [1.807, 2.05) is 23.1 Å². The number of halogens is 1. The second kappa shape index (κ2) is 8.85. The highest BCUT2D eigenvalue weighted by molar-refractivity contribution is 5.96. The first-order valence-electron chi connectivity index (χ1n) is 11.3. The second-order valence-electron chi connectivity index (χ2n) is 8.71. The molecule has 2 aliphatic rings. The average Bonchev–Trinajstić information content (AvgIpc) is 2.84. The number of hydrogen-bond donors (Lipinski definition) is 3. The number of aromatic nitrogens is 1. The Morgan fingerprint density at radius 1 is 1.15 bits per heavy atom. The van der Waals surface area contributed by atoms with Crippen molar-refractivity contribution in [3.05, 3.63) is 68.8 Å². The number of nitrogens with zero attached hydrogens (tertiary/aromatic N) is 3. The zero-order valence-electron chi connectivity index (χ0n) is 18.3. The molecule has 8 heteroatoms. The van der Waals surface area contributed by atoms with Gasteiger partial charge in [0, 0.05) is 50.2 Å². The number of aliphatic hydroxyl groups is 1. The van der Waals surface area contributed by atoms with Crippen LogP contribution in [-0.2, 0) is 19.6 Å².